The molecule has 33 heavy (non-hydrogen) atoms. The Bertz CT molecular complexity index is 1150. The lowest BCUT2D eigenvalue weighted by atomic mass is 10.1. The number of carbonyl (C=O) groups excluding carboxylic acids is 1. The van der Waals surface area contributed by atoms with Gasteiger partial charge in [-0.25, -0.2) is 20.2 Å². The van der Waals surface area contributed by atoms with E-state index in [0.29, 0.717) is 41.7 Å². The second kappa shape index (κ2) is 9.80. The Hall–Kier alpha value is -3.76. The number of pyridine rings is 1. The van der Waals surface area contributed by atoms with E-state index in [1.807, 2.05) is 0 Å². The van der Waals surface area contributed by atoms with Gasteiger partial charge in [-0.15, -0.1) is 0 Å². The van der Waals surface area contributed by atoms with E-state index in [0.717, 1.165) is 12.8 Å². The summed E-state index contributed by atoms with van der Waals surface area (Å²) < 4.78 is 21.2. The maximum atomic E-state index is 14.2. The molecule has 1 fully saturated rings. The van der Waals surface area contributed by atoms with Gasteiger partial charge >= 0.3 is 0 Å². The zero-order chi connectivity index (χ0) is 23.4. The number of nitrogens with zero attached hydrogens (tertiary/aromatic N) is 4. The minimum Gasteiger partial charge on any atom is -0.400 e. The molecule has 0 atom stereocenters. The van der Waals surface area contributed by atoms with Crippen molar-refractivity contribution >= 4 is 17.3 Å². The van der Waals surface area contributed by atoms with Crippen LogP contribution in [0.25, 0.3) is 11.5 Å². The molecule has 0 unspecified atom stereocenters. The van der Waals surface area contributed by atoms with Crippen LogP contribution < -0.4 is 21.9 Å². The number of benzene rings is 1. The fraction of sp³-hybridized carbons (Fsp3) is 0.261. The molecule has 10 heteroatoms. The van der Waals surface area contributed by atoms with Crippen LogP contribution in [0.2, 0.25) is 0 Å². The van der Waals surface area contributed by atoms with Crippen LogP contribution in [0.1, 0.15) is 35.8 Å². The zero-order valence-corrected chi connectivity index (χ0v) is 18.2. The molecule has 172 valence electrons. The highest BCUT2D eigenvalue weighted by Crippen LogP contribution is 2.26. The molecule has 0 radical (unpaired) electrons. The number of amides is 1. The standard InChI is InChI=1S/C23H26FN7O2/c1-15(25)22(31(26)20-5-3-2-4-18(20)24)19-13-30(14-28-19)21-7-6-16(12-27-21)23(32)29-17-8-10-33-11-9-17/h2-7,12-14,17H,8-11,25-26H2,1H3,(H,29,32)/b22-15-. The van der Waals surface area contributed by atoms with Crippen molar-refractivity contribution in [3.05, 3.63) is 77.9 Å². The molecule has 5 N–H and O–H groups in total. The Morgan fingerprint density at radius 2 is 1.97 bits per heavy atom. The highest BCUT2D eigenvalue weighted by atomic mass is 19.1. The summed E-state index contributed by atoms with van der Waals surface area (Å²) in [7, 11) is 0. The summed E-state index contributed by atoms with van der Waals surface area (Å²) in [6.45, 7) is 2.97. The third-order valence-electron chi connectivity index (χ3n) is 5.38. The third-order valence-corrected chi connectivity index (χ3v) is 5.38. The van der Waals surface area contributed by atoms with Crippen molar-refractivity contribution in [3.63, 3.8) is 0 Å². The molecule has 3 aromatic rings. The molecule has 3 heterocycles. The lowest BCUT2D eigenvalue weighted by Crippen LogP contribution is -2.38. The average Bonchev–Trinajstić information content (AvgIpc) is 3.29. The maximum absolute atomic E-state index is 14.2. The van der Waals surface area contributed by atoms with Gasteiger partial charge in [-0.1, -0.05) is 12.1 Å². The summed E-state index contributed by atoms with van der Waals surface area (Å²) in [6.07, 6.45) is 6.37. The number of para-hydroxylation sites is 1. The van der Waals surface area contributed by atoms with E-state index in [1.165, 1.54) is 17.3 Å². The third kappa shape index (κ3) is 5.02. The van der Waals surface area contributed by atoms with Crippen molar-refractivity contribution in [1.82, 2.24) is 19.9 Å². The second-order valence-electron chi connectivity index (χ2n) is 7.78. The first-order chi connectivity index (χ1) is 15.9. The molecule has 0 saturated carbocycles. The van der Waals surface area contributed by atoms with Crippen molar-refractivity contribution < 1.29 is 13.9 Å². The summed E-state index contributed by atoms with van der Waals surface area (Å²) in [5.41, 5.74) is 7.88. The molecule has 1 saturated heterocycles. The minimum atomic E-state index is -0.477. The van der Waals surface area contributed by atoms with Gasteiger partial charge in [-0.3, -0.25) is 14.4 Å². The predicted molar refractivity (Wildman–Crippen MR) is 123 cm³/mol. The SMILES string of the molecule is C/C(N)=C(\c1cn(-c2ccc(C(=O)NC3CCOCC3)cn2)cn1)N(N)c1ccccc1F. The van der Waals surface area contributed by atoms with Gasteiger partial charge in [0.2, 0.25) is 0 Å². The van der Waals surface area contributed by atoms with Crippen molar-refractivity contribution in [2.75, 3.05) is 18.2 Å². The number of rotatable bonds is 6. The number of halogens is 1. The van der Waals surface area contributed by atoms with Crippen LogP contribution in [-0.2, 0) is 4.74 Å². The molecule has 4 rings (SSSR count). The van der Waals surface area contributed by atoms with E-state index >= 15 is 0 Å². The lowest BCUT2D eigenvalue weighted by Gasteiger charge is -2.23. The molecule has 0 spiro atoms. The van der Waals surface area contributed by atoms with Crippen molar-refractivity contribution in [3.8, 4) is 5.82 Å². The molecular weight excluding hydrogens is 425 g/mol. The predicted octanol–water partition coefficient (Wildman–Crippen LogP) is 2.34. The fourth-order valence-corrected chi connectivity index (χ4v) is 3.64. The number of imidazole rings is 1. The molecule has 1 aliphatic rings. The zero-order valence-electron chi connectivity index (χ0n) is 18.2. The van der Waals surface area contributed by atoms with E-state index in [2.05, 4.69) is 15.3 Å². The molecule has 2 aromatic heterocycles. The smallest absolute Gasteiger partial charge is 0.253 e. The van der Waals surface area contributed by atoms with Crippen LogP contribution in [0.3, 0.4) is 0 Å². The number of aromatic nitrogens is 3. The number of nitrogens with two attached hydrogens (primary N) is 2. The van der Waals surface area contributed by atoms with Crippen molar-refractivity contribution in [1.29, 1.82) is 0 Å². The van der Waals surface area contributed by atoms with Crippen molar-refractivity contribution in [2.24, 2.45) is 11.6 Å². The quantitative estimate of drug-likeness (QED) is 0.388. The topological polar surface area (TPSA) is 124 Å². The van der Waals surface area contributed by atoms with Gasteiger partial charge in [0.1, 0.15) is 29.4 Å². The summed E-state index contributed by atoms with van der Waals surface area (Å²) >= 11 is 0. The van der Waals surface area contributed by atoms with Crippen LogP contribution in [0.15, 0.2) is 60.8 Å². The number of hydrazine groups is 1. The molecule has 1 aromatic carbocycles. The molecular formula is C23H26FN7O2. The number of hydrogen-bond acceptors (Lipinski definition) is 7. The fourth-order valence-electron chi connectivity index (χ4n) is 3.64. The summed E-state index contributed by atoms with van der Waals surface area (Å²) in [4.78, 5) is 21.2. The van der Waals surface area contributed by atoms with Gasteiger partial charge in [0.05, 0.1) is 11.3 Å². The number of allylic oxidation sites excluding steroid dienone is 1. The Labute approximate surface area is 190 Å². The van der Waals surface area contributed by atoms with E-state index in [4.69, 9.17) is 16.3 Å². The Balaban J connectivity index is 1.52. The van der Waals surface area contributed by atoms with Gasteiger partial charge in [0.25, 0.3) is 5.91 Å². The van der Waals surface area contributed by atoms with E-state index < -0.39 is 5.82 Å². The minimum absolute atomic E-state index is 0.112. The van der Waals surface area contributed by atoms with Crippen molar-refractivity contribution in [2.45, 2.75) is 25.8 Å². The normalized spacial score (nSPS) is 15.1. The number of anilines is 1. The number of carbonyl (C=O) groups is 1. The maximum Gasteiger partial charge on any atom is 0.253 e. The van der Waals surface area contributed by atoms with Crippen LogP contribution in [0.5, 0.6) is 0 Å². The van der Waals surface area contributed by atoms with E-state index in [9.17, 15) is 9.18 Å². The highest BCUT2D eigenvalue weighted by molar-refractivity contribution is 5.94. The van der Waals surface area contributed by atoms with Gasteiger partial charge < -0.3 is 15.8 Å². The average molecular weight is 452 g/mol. The summed E-state index contributed by atoms with van der Waals surface area (Å²) in [5, 5.41) is 4.19. The van der Waals surface area contributed by atoms with Crippen LogP contribution in [0, 0.1) is 5.82 Å². The van der Waals surface area contributed by atoms with Gasteiger partial charge in [-0.2, -0.15) is 0 Å². The molecule has 1 aliphatic heterocycles. The Morgan fingerprint density at radius 3 is 2.64 bits per heavy atom. The van der Waals surface area contributed by atoms with Crippen LogP contribution >= 0.6 is 0 Å². The van der Waals surface area contributed by atoms with E-state index in [1.54, 1.807) is 54.3 Å². The summed E-state index contributed by atoms with van der Waals surface area (Å²) in [6, 6.07) is 9.68. The first kappa shape index (κ1) is 22.4. The molecule has 9 nitrogen and oxygen atoms in total. The lowest BCUT2D eigenvalue weighted by molar-refractivity contribution is 0.0696. The first-order valence-electron chi connectivity index (χ1n) is 10.6. The molecule has 1 amide bonds. The second-order valence-corrected chi connectivity index (χ2v) is 7.78. The highest BCUT2D eigenvalue weighted by Gasteiger charge is 2.20. The monoisotopic (exact) mass is 451 g/mol. The Morgan fingerprint density at radius 1 is 1.21 bits per heavy atom. The molecule has 0 aliphatic carbocycles. The largest absolute Gasteiger partial charge is 0.400 e. The number of hydrogen-bond donors (Lipinski definition) is 3. The summed E-state index contributed by atoms with van der Waals surface area (Å²) in [5.74, 6) is 6.10. The van der Waals surface area contributed by atoms with Gasteiger partial charge in [-0.05, 0) is 44.0 Å². The molecule has 0 bridgehead atoms. The number of ether oxygens (including phenoxy) is 1. The first-order valence-corrected chi connectivity index (χ1v) is 10.6. The van der Waals surface area contributed by atoms with Gasteiger partial charge in [0.15, 0.2) is 0 Å². The van der Waals surface area contributed by atoms with Crippen LogP contribution in [-0.4, -0.2) is 39.7 Å². The van der Waals surface area contributed by atoms with E-state index in [-0.39, 0.29) is 17.6 Å². The number of nitrogens with one attached hydrogen (secondary N) is 1. The Kier molecular flexibility index (Phi) is 6.66. The van der Waals surface area contributed by atoms with Crippen LogP contribution in [0.4, 0.5) is 10.1 Å². The van der Waals surface area contributed by atoms with Gasteiger partial charge in [0, 0.05) is 37.3 Å².